The summed E-state index contributed by atoms with van der Waals surface area (Å²) in [6, 6.07) is 0.0962. The van der Waals surface area contributed by atoms with Crippen LogP contribution in [0, 0.1) is 0 Å². The van der Waals surface area contributed by atoms with Gasteiger partial charge in [0.1, 0.15) is 0 Å². The number of ether oxygens (including phenoxy) is 2. The van der Waals surface area contributed by atoms with Crippen LogP contribution < -0.4 is 10.1 Å². The molecular formula is C15H29N3O2. The summed E-state index contributed by atoms with van der Waals surface area (Å²) in [6.45, 7) is 11.0. The van der Waals surface area contributed by atoms with Crippen LogP contribution >= 0.6 is 0 Å². The molecule has 1 aromatic rings. The number of methoxy groups -OCH3 is 1. The molecule has 1 rings (SSSR count). The van der Waals surface area contributed by atoms with Crippen LogP contribution in [-0.4, -0.2) is 36.1 Å². The lowest BCUT2D eigenvalue weighted by molar-refractivity contribution is 0.0441. The summed E-state index contributed by atoms with van der Waals surface area (Å²) in [5.74, 6) is 0.832. The average molecular weight is 283 g/mol. The van der Waals surface area contributed by atoms with E-state index in [2.05, 4.69) is 31.2 Å². The molecule has 0 saturated carbocycles. The Kier molecular flexibility index (Phi) is 7.62. The monoisotopic (exact) mass is 283 g/mol. The molecule has 2 atom stereocenters. The van der Waals surface area contributed by atoms with Crippen molar-refractivity contribution < 1.29 is 9.47 Å². The van der Waals surface area contributed by atoms with E-state index in [1.165, 1.54) is 0 Å². The third-order valence-electron chi connectivity index (χ3n) is 3.31. The van der Waals surface area contributed by atoms with Crippen molar-refractivity contribution in [2.24, 2.45) is 0 Å². The Bertz CT molecular complexity index is 379. The summed E-state index contributed by atoms with van der Waals surface area (Å²) >= 11 is 0. The molecule has 0 aliphatic heterocycles. The highest BCUT2D eigenvalue weighted by atomic mass is 16.5. The summed E-state index contributed by atoms with van der Waals surface area (Å²) in [5.41, 5.74) is 1.09. The lowest BCUT2D eigenvalue weighted by atomic mass is 10.1. The molecule has 1 heterocycles. The Hall–Kier alpha value is -1.07. The van der Waals surface area contributed by atoms with Crippen molar-refractivity contribution in [1.29, 1.82) is 0 Å². The zero-order valence-electron chi connectivity index (χ0n) is 13.5. The topological polar surface area (TPSA) is 48.3 Å². The fraction of sp³-hybridized carbons (Fsp3) is 0.800. The number of rotatable bonds is 10. The number of hydrogen-bond donors (Lipinski definition) is 1. The summed E-state index contributed by atoms with van der Waals surface area (Å²) in [4.78, 5) is 0. The van der Waals surface area contributed by atoms with Crippen LogP contribution in [0.3, 0.4) is 0 Å². The van der Waals surface area contributed by atoms with Crippen molar-refractivity contribution in [2.45, 2.75) is 59.2 Å². The van der Waals surface area contributed by atoms with Crippen LogP contribution in [0.5, 0.6) is 5.75 Å². The Balaban J connectivity index is 3.06. The van der Waals surface area contributed by atoms with E-state index in [4.69, 9.17) is 9.47 Å². The summed E-state index contributed by atoms with van der Waals surface area (Å²) in [7, 11) is 1.69. The lowest BCUT2D eigenvalue weighted by Gasteiger charge is -2.26. The fourth-order valence-electron chi connectivity index (χ4n) is 2.38. The number of aromatic nitrogens is 2. The molecule has 0 bridgehead atoms. The van der Waals surface area contributed by atoms with Gasteiger partial charge in [-0.05, 0) is 33.2 Å². The van der Waals surface area contributed by atoms with E-state index in [1.54, 1.807) is 13.3 Å². The minimum atomic E-state index is 0.0766. The zero-order chi connectivity index (χ0) is 15.0. The fourth-order valence-corrected chi connectivity index (χ4v) is 2.38. The summed E-state index contributed by atoms with van der Waals surface area (Å²) in [5, 5.41) is 8.01. The summed E-state index contributed by atoms with van der Waals surface area (Å²) < 4.78 is 13.3. The van der Waals surface area contributed by atoms with Gasteiger partial charge in [-0.1, -0.05) is 13.8 Å². The maximum absolute atomic E-state index is 5.80. The van der Waals surface area contributed by atoms with E-state index >= 15 is 0 Å². The van der Waals surface area contributed by atoms with Gasteiger partial charge in [-0.25, -0.2) is 0 Å². The van der Waals surface area contributed by atoms with Crippen molar-refractivity contribution >= 4 is 0 Å². The zero-order valence-corrected chi connectivity index (χ0v) is 13.5. The minimum Gasteiger partial charge on any atom is -0.493 e. The van der Waals surface area contributed by atoms with Gasteiger partial charge in [0.2, 0.25) is 0 Å². The molecule has 20 heavy (non-hydrogen) atoms. The van der Waals surface area contributed by atoms with E-state index in [9.17, 15) is 0 Å². The first-order valence-electron chi connectivity index (χ1n) is 7.64. The molecule has 0 fully saturated rings. The van der Waals surface area contributed by atoms with Gasteiger partial charge < -0.3 is 14.8 Å². The molecule has 1 N–H and O–H groups in total. The molecule has 0 aliphatic rings. The largest absolute Gasteiger partial charge is 0.493 e. The van der Waals surface area contributed by atoms with Gasteiger partial charge in [0.05, 0.1) is 31.1 Å². The van der Waals surface area contributed by atoms with E-state index in [1.807, 2.05) is 11.6 Å². The molecule has 0 radical (unpaired) electrons. The predicted molar refractivity (Wildman–Crippen MR) is 81.2 cm³/mol. The first-order chi connectivity index (χ1) is 9.69. The van der Waals surface area contributed by atoms with Gasteiger partial charge in [-0.2, -0.15) is 5.10 Å². The number of nitrogens with zero attached hydrogens (tertiary/aromatic N) is 2. The second-order valence-corrected chi connectivity index (χ2v) is 4.91. The Morgan fingerprint density at radius 1 is 1.30 bits per heavy atom. The number of nitrogens with one attached hydrogen (secondary N) is 1. The third-order valence-corrected chi connectivity index (χ3v) is 3.31. The highest BCUT2D eigenvalue weighted by molar-refractivity contribution is 5.29. The molecule has 0 amide bonds. The van der Waals surface area contributed by atoms with Crippen LogP contribution in [0.2, 0.25) is 0 Å². The molecule has 5 heteroatoms. The van der Waals surface area contributed by atoms with Gasteiger partial charge in [0, 0.05) is 13.2 Å². The minimum absolute atomic E-state index is 0.0766. The molecule has 0 saturated heterocycles. The highest BCUT2D eigenvalue weighted by Gasteiger charge is 2.26. The molecule has 0 spiro atoms. The Labute approximate surface area is 122 Å². The van der Waals surface area contributed by atoms with Crippen molar-refractivity contribution in [3.8, 4) is 5.75 Å². The predicted octanol–water partition coefficient (Wildman–Crippen LogP) is 2.77. The van der Waals surface area contributed by atoms with Crippen LogP contribution in [0.4, 0.5) is 0 Å². The van der Waals surface area contributed by atoms with E-state index < -0.39 is 0 Å². The molecule has 1 aromatic heterocycles. The van der Waals surface area contributed by atoms with Crippen molar-refractivity contribution in [1.82, 2.24) is 15.1 Å². The van der Waals surface area contributed by atoms with Crippen LogP contribution in [-0.2, 0) is 11.3 Å². The van der Waals surface area contributed by atoms with Crippen LogP contribution in [0.25, 0.3) is 0 Å². The molecule has 116 valence electrons. The van der Waals surface area contributed by atoms with Gasteiger partial charge in [-0.15, -0.1) is 0 Å². The lowest BCUT2D eigenvalue weighted by Crippen LogP contribution is -2.34. The van der Waals surface area contributed by atoms with Gasteiger partial charge in [0.25, 0.3) is 0 Å². The van der Waals surface area contributed by atoms with Crippen molar-refractivity contribution in [2.75, 3.05) is 20.3 Å². The maximum Gasteiger partial charge on any atom is 0.161 e. The smallest absolute Gasteiger partial charge is 0.161 e. The molecule has 0 aromatic carbocycles. The Morgan fingerprint density at radius 3 is 2.60 bits per heavy atom. The van der Waals surface area contributed by atoms with Crippen LogP contribution in [0.15, 0.2) is 6.20 Å². The quantitative estimate of drug-likeness (QED) is 0.717. The number of hydrogen-bond acceptors (Lipinski definition) is 4. The van der Waals surface area contributed by atoms with E-state index in [0.717, 1.165) is 37.4 Å². The van der Waals surface area contributed by atoms with Crippen LogP contribution in [0.1, 0.15) is 52.3 Å². The van der Waals surface area contributed by atoms with E-state index in [0.29, 0.717) is 6.61 Å². The molecule has 2 unspecified atom stereocenters. The second-order valence-electron chi connectivity index (χ2n) is 4.91. The summed E-state index contributed by atoms with van der Waals surface area (Å²) in [6.07, 6.45) is 4.00. The normalized spacial score (nSPS) is 14.2. The Morgan fingerprint density at radius 2 is 2.05 bits per heavy atom. The highest BCUT2D eigenvalue weighted by Crippen LogP contribution is 2.28. The SMILES string of the molecule is CCCNC(c1c(OC)cnn1CCC)C(C)OCC. The maximum atomic E-state index is 5.80. The standard InChI is InChI=1S/C15H29N3O2/c1-6-9-16-14(12(4)20-8-3)15-13(19-5)11-17-18(15)10-7-2/h11-12,14,16H,6-10H2,1-5H3. The van der Waals surface area contributed by atoms with E-state index in [-0.39, 0.29) is 12.1 Å². The van der Waals surface area contributed by atoms with Gasteiger partial charge in [-0.3, -0.25) is 4.68 Å². The first-order valence-corrected chi connectivity index (χ1v) is 7.64. The van der Waals surface area contributed by atoms with Crippen molar-refractivity contribution in [3.05, 3.63) is 11.9 Å². The number of aryl methyl sites for hydroxylation is 1. The second kappa shape index (κ2) is 8.97. The molecule has 5 nitrogen and oxygen atoms in total. The van der Waals surface area contributed by atoms with Gasteiger partial charge in [0.15, 0.2) is 5.75 Å². The molecule has 0 aliphatic carbocycles. The van der Waals surface area contributed by atoms with Crippen molar-refractivity contribution in [3.63, 3.8) is 0 Å². The average Bonchev–Trinajstić information content (AvgIpc) is 2.83. The first kappa shape index (κ1) is 17.0. The van der Waals surface area contributed by atoms with Gasteiger partial charge >= 0.3 is 0 Å². The molecular weight excluding hydrogens is 254 g/mol. The third kappa shape index (κ3) is 4.21.